The maximum absolute atomic E-state index is 12.9. The van der Waals surface area contributed by atoms with Gasteiger partial charge in [-0.05, 0) is 12.1 Å². The molecule has 0 spiro atoms. The monoisotopic (exact) mass is 286 g/mol. The van der Waals surface area contributed by atoms with Crippen molar-refractivity contribution in [1.82, 2.24) is 0 Å². The van der Waals surface area contributed by atoms with Crippen LogP contribution in [0.4, 0.5) is 3.89 Å². The molecule has 18 heavy (non-hydrogen) atoms. The summed E-state index contributed by atoms with van der Waals surface area (Å²) in [5.41, 5.74) is 0.132. The second-order valence-corrected chi connectivity index (χ2v) is 5.91. The minimum Gasteiger partial charge on any atom is -0.288 e. The Morgan fingerprint density at radius 1 is 1.39 bits per heavy atom. The lowest BCUT2D eigenvalue weighted by molar-refractivity contribution is -0.109. The molecule has 1 aromatic rings. The summed E-state index contributed by atoms with van der Waals surface area (Å²) in [5, 5.41) is 0.00327. The van der Waals surface area contributed by atoms with Crippen LogP contribution >= 0.6 is 11.8 Å². The first-order valence-electron chi connectivity index (χ1n) is 5.07. The first-order chi connectivity index (χ1) is 8.41. The van der Waals surface area contributed by atoms with Crippen molar-refractivity contribution in [3.8, 4) is 11.8 Å². The SMILES string of the molecule is CC(=O)SCCC#Cc1ccccc1S(=O)(=O)F. The van der Waals surface area contributed by atoms with Crippen molar-refractivity contribution in [2.24, 2.45) is 0 Å². The Kier molecular flexibility index (Phi) is 5.38. The quantitative estimate of drug-likeness (QED) is 0.486. The van der Waals surface area contributed by atoms with E-state index in [1.807, 2.05) is 0 Å². The van der Waals surface area contributed by atoms with E-state index in [1.165, 1.54) is 25.1 Å². The molecule has 0 saturated carbocycles. The predicted molar refractivity (Wildman–Crippen MR) is 69.4 cm³/mol. The fraction of sp³-hybridized carbons (Fsp3) is 0.250. The van der Waals surface area contributed by atoms with Gasteiger partial charge in [-0.25, -0.2) is 0 Å². The summed E-state index contributed by atoms with van der Waals surface area (Å²) >= 11 is 1.14. The van der Waals surface area contributed by atoms with E-state index in [2.05, 4.69) is 11.8 Å². The average Bonchev–Trinajstić information content (AvgIpc) is 2.27. The molecular formula is C12H11FO3S2. The van der Waals surface area contributed by atoms with Gasteiger partial charge in [-0.1, -0.05) is 35.7 Å². The number of benzene rings is 1. The zero-order valence-corrected chi connectivity index (χ0v) is 11.3. The molecule has 96 valence electrons. The summed E-state index contributed by atoms with van der Waals surface area (Å²) in [6.45, 7) is 1.46. The second kappa shape index (κ2) is 6.57. The third-order valence-corrected chi connectivity index (χ3v) is 3.60. The van der Waals surface area contributed by atoms with Crippen LogP contribution in [-0.2, 0) is 15.0 Å². The van der Waals surface area contributed by atoms with E-state index in [1.54, 1.807) is 6.07 Å². The van der Waals surface area contributed by atoms with Crippen LogP contribution in [0, 0.1) is 11.8 Å². The molecule has 0 saturated heterocycles. The molecule has 0 atom stereocenters. The number of carbonyl (C=O) groups excluding carboxylic acids is 1. The van der Waals surface area contributed by atoms with Crippen LogP contribution in [0.5, 0.6) is 0 Å². The third kappa shape index (κ3) is 4.90. The number of hydrogen-bond donors (Lipinski definition) is 0. The van der Waals surface area contributed by atoms with E-state index in [9.17, 15) is 17.1 Å². The highest BCUT2D eigenvalue weighted by atomic mass is 32.3. The molecule has 0 unspecified atom stereocenters. The van der Waals surface area contributed by atoms with Gasteiger partial charge in [-0.15, -0.1) is 3.89 Å². The largest absolute Gasteiger partial charge is 0.333 e. The van der Waals surface area contributed by atoms with Crippen molar-refractivity contribution in [2.75, 3.05) is 5.75 Å². The maximum Gasteiger partial charge on any atom is 0.333 e. The number of carbonyl (C=O) groups is 1. The predicted octanol–water partition coefficient (Wildman–Crippen LogP) is 2.37. The standard InChI is InChI=1S/C12H11FO3S2/c1-10(14)17-9-5-4-7-11-6-2-3-8-12(11)18(13,15)16/h2-3,6,8H,5,9H2,1H3. The van der Waals surface area contributed by atoms with Gasteiger partial charge in [-0.2, -0.15) is 8.42 Å². The van der Waals surface area contributed by atoms with Crippen molar-refractivity contribution < 1.29 is 17.1 Å². The fourth-order valence-electron chi connectivity index (χ4n) is 1.19. The summed E-state index contributed by atoms with van der Waals surface area (Å²) < 4.78 is 34.6. The number of rotatable bonds is 3. The molecule has 0 aromatic heterocycles. The smallest absolute Gasteiger partial charge is 0.288 e. The normalized spacial score (nSPS) is 10.6. The Morgan fingerprint density at radius 2 is 2.06 bits per heavy atom. The fourth-order valence-corrected chi connectivity index (χ4v) is 2.30. The van der Waals surface area contributed by atoms with E-state index in [4.69, 9.17) is 0 Å². The van der Waals surface area contributed by atoms with Gasteiger partial charge in [-0.3, -0.25) is 4.79 Å². The minimum absolute atomic E-state index is 0.00327. The van der Waals surface area contributed by atoms with Crippen LogP contribution in [0.25, 0.3) is 0 Å². The molecule has 1 aromatic carbocycles. The molecule has 0 N–H and O–H groups in total. The van der Waals surface area contributed by atoms with Gasteiger partial charge in [0.2, 0.25) is 0 Å². The molecule has 3 nitrogen and oxygen atoms in total. The molecule has 0 heterocycles. The highest BCUT2D eigenvalue weighted by Crippen LogP contribution is 2.16. The van der Waals surface area contributed by atoms with Gasteiger partial charge < -0.3 is 0 Å². The lowest BCUT2D eigenvalue weighted by Crippen LogP contribution is -1.95. The summed E-state index contributed by atoms with van der Waals surface area (Å²) in [7, 11) is -4.75. The Bertz CT molecular complexity index is 597. The van der Waals surface area contributed by atoms with E-state index in [0.29, 0.717) is 12.2 Å². The highest BCUT2D eigenvalue weighted by molar-refractivity contribution is 8.13. The first-order valence-corrected chi connectivity index (χ1v) is 7.44. The summed E-state index contributed by atoms with van der Waals surface area (Å²) in [4.78, 5) is 10.2. The molecule has 1 rings (SSSR count). The molecule has 0 bridgehead atoms. The van der Waals surface area contributed by atoms with E-state index < -0.39 is 15.1 Å². The van der Waals surface area contributed by atoms with E-state index >= 15 is 0 Å². The van der Waals surface area contributed by atoms with Gasteiger partial charge in [0.15, 0.2) is 5.12 Å². The van der Waals surface area contributed by atoms with Gasteiger partial charge in [0.05, 0.1) is 0 Å². The van der Waals surface area contributed by atoms with Crippen molar-refractivity contribution in [3.63, 3.8) is 0 Å². The number of hydrogen-bond acceptors (Lipinski definition) is 4. The lowest BCUT2D eigenvalue weighted by atomic mass is 10.2. The first kappa shape index (κ1) is 14.7. The van der Waals surface area contributed by atoms with Crippen molar-refractivity contribution in [3.05, 3.63) is 29.8 Å². The van der Waals surface area contributed by atoms with Gasteiger partial charge in [0, 0.05) is 24.7 Å². The van der Waals surface area contributed by atoms with Crippen LogP contribution in [0.3, 0.4) is 0 Å². The number of thioether (sulfide) groups is 1. The molecule has 6 heteroatoms. The summed E-state index contributed by atoms with van der Waals surface area (Å²) in [6.07, 6.45) is 0.435. The number of halogens is 1. The van der Waals surface area contributed by atoms with E-state index in [-0.39, 0.29) is 10.7 Å². The van der Waals surface area contributed by atoms with Crippen LogP contribution in [-0.4, -0.2) is 19.3 Å². The molecular weight excluding hydrogens is 275 g/mol. The minimum atomic E-state index is -4.75. The topological polar surface area (TPSA) is 51.2 Å². The lowest BCUT2D eigenvalue weighted by Gasteiger charge is -1.97. The van der Waals surface area contributed by atoms with Crippen LogP contribution in [0.2, 0.25) is 0 Å². The highest BCUT2D eigenvalue weighted by Gasteiger charge is 2.14. The van der Waals surface area contributed by atoms with Crippen molar-refractivity contribution in [2.45, 2.75) is 18.2 Å². The van der Waals surface area contributed by atoms with Crippen LogP contribution in [0.15, 0.2) is 29.2 Å². The van der Waals surface area contributed by atoms with Crippen LogP contribution < -0.4 is 0 Å². The Balaban J connectivity index is 2.80. The van der Waals surface area contributed by atoms with Gasteiger partial charge in [0.1, 0.15) is 4.90 Å². The van der Waals surface area contributed by atoms with Crippen LogP contribution in [0.1, 0.15) is 18.9 Å². The average molecular weight is 286 g/mol. The molecule has 0 radical (unpaired) electrons. The Labute approximate surface area is 110 Å². The van der Waals surface area contributed by atoms with Crippen molar-refractivity contribution >= 4 is 27.1 Å². The second-order valence-electron chi connectivity index (χ2n) is 3.33. The van der Waals surface area contributed by atoms with E-state index in [0.717, 1.165) is 11.8 Å². The molecule has 0 aliphatic carbocycles. The Hall–Kier alpha value is -1.32. The maximum atomic E-state index is 12.9. The molecule has 0 fully saturated rings. The molecule has 0 aliphatic heterocycles. The summed E-state index contributed by atoms with van der Waals surface area (Å²) in [6, 6.07) is 5.63. The molecule has 0 aliphatic rings. The molecule has 0 amide bonds. The zero-order valence-electron chi connectivity index (χ0n) is 9.64. The third-order valence-electron chi connectivity index (χ3n) is 1.91. The van der Waals surface area contributed by atoms with Crippen molar-refractivity contribution in [1.29, 1.82) is 0 Å². The van der Waals surface area contributed by atoms with Gasteiger partial charge in [0.25, 0.3) is 0 Å². The summed E-state index contributed by atoms with van der Waals surface area (Å²) in [5.74, 6) is 5.85. The Morgan fingerprint density at radius 3 is 2.67 bits per heavy atom. The zero-order chi connectivity index (χ0) is 13.6. The van der Waals surface area contributed by atoms with Gasteiger partial charge >= 0.3 is 10.2 Å².